The number of ether oxygens (including phenoxy) is 1. The summed E-state index contributed by atoms with van der Waals surface area (Å²) in [5.41, 5.74) is 2.22. The second kappa shape index (κ2) is 12.6. The smallest absolute Gasteiger partial charge is 0.261 e. The van der Waals surface area contributed by atoms with E-state index in [1.807, 2.05) is 38.2 Å². The zero-order valence-corrected chi connectivity index (χ0v) is 21.2. The van der Waals surface area contributed by atoms with Crippen LogP contribution in [0, 0.1) is 0 Å². The molecule has 0 bridgehead atoms. The quantitative estimate of drug-likeness (QED) is 0.336. The number of anilines is 3. The number of benzene rings is 1. The van der Waals surface area contributed by atoms with Gasteiger partial charge in [0.15, 0.2) is 0 Å². The van der Waals surface area contributed by atoms with Crippen molar-refractivity contribution < 1.29 is 9.53 Å². The number of thiophene rings is 1. The monoisotopic (exact) mass is 494 g/mol. The molecule has 1 aliphatic heterocycles. The molecule has 0 aliphatic carbocycles. The number of hydrogen-bond donors (Lipinski definition) is 3. The molecule has 1 unspecified atom stereocenters. The molecule has 0 radical (unpaired) electrons. The molecule has 4 rings (SSSR count). The molecule has 0 spiro atoms. The fourth-order valence-corrected chi connectivity index (χ4v) is 4.95. The van der Waals surface area contributed by atoms with Crippen LogP contribution >= 0.6 is 11.3 Å². The first kappa shape index (κ1) is 25.1. The second-order valence-electron chi connectivity index (χ2n) is 8.52. The lowest BCUT2D eigenvalue weighted by Gasteiger charge is -2.20. The van der Waals surface area contributed by atoms with Crippen LogP contribution in [0.2, 0.25) is 0 Å². The van der Waals surface area contributed by atoms with Crippen LogP contribution in [0.1, 0.15) is 53.1 Å². The normalized spacial score (nSPS) is 14.2. The number of aromatic nitrogens is 2. The van der Waals surface area contributed by atoms with E-state index >= 15 is 0 Å². The summed E-state index contributed by atoms with van der Waals surface area (Å²) in [6, 6.07) is 12.0. The van der Waals surface area contributed by atoms with Crippen molar-refractivity contribution in [1.82, 2.24) is 15.3 Å². The van der Waals surface area contributed by atoms with Crippen molar-refractivity contribution in [3.63, 3.8) is 0 Å². The molecule has 3 aromatic rings. The minimum Gasteiger partial charge on any atom is -0.368 e. The van der Waals surface area contributed by atoms with E-state index in [9.17, 15) is 4.79 Å². The molecule has 1 saturated heterocycles. The molecule has 1 aliphatic rings. The van der Waals surface area contributed by atoms with Crippen LogP contribution in [0.4, 0.5) is 17.5 Å². The maximum absolute atomic E-state index is 13.2. The highest BCUT2D eigenvalue weighted by atomic mass is 32.1. The summed E-state index contributed by atoms with van der Waals surface area (Å²) in [5.74, 6) is 1.02. The number of nitrogens with one attached hydrogen (secondary N) is 3. The minimum atomic E-state index is -0.210. The lowest BCUT2D eigenvalue weighted by molar-refractivity contribution is 0.0368. The Kier molecular flexibility index (Phi) is 9.05. The Balaban J connectivity index is 1.45. The van der Waals surface area contributed by atoms with Gasteiger partial charge in [-0.05, 0) is 68.9 Å². The van der Waals surface area contributed by atoms with Gasteiger partial charge in [0.25, 0.3) is 5.91 Å². The average molecular weight is 495 g/mol. The van der Waals surface area contributed by atoms with E-state index in [0.717, 1.165) is 56.7 Å². The van der Waals surface area contributed by atoms with Crippen molar-refractivity contribution in [1.29, 1.82) is 0 Å². The summed E-state index contributed by atoms with van der Waals surface area (Å²) in [6.45, 7) is 5.87. The molecule has 1 aromatic carbocycles. The predicted molar refractivity (Wildman–Crippen MR) is 142 cm³/mol. The topological polar surface area (TPSA) is 91.4 Å². The first-order chi connectivity index (χ1) is 17.2. The number of nitrogens with zero attached hydrogens (tertiary/aromatic N) is 3. The molecule has 2 aromatic heterocycles. The van der Waals surface area contributed by atoms with Gasteiger partial charge in [-0.15, -0.1) is 11.3 Å². The van der Waals surface area contributed by atoms with E-state index in [2.05, 4.69) is 48.3 Å². The van der Waals surface area contributed by atoms with Gasteiger partial charge >= 0.3 is 0 Å². The van der Waals surface area contributed by atoms with Gasteiger partial charge in [-0.25, -0.2) is 4.98 Å². The Hall–Kier alpha value is -3.01. The summed E-state index contributed by atoms with van der Waals surface area (Å²) >= 11 is 1.71. The van der Waals surface area contributed by atoms with Gasteiger partial charge in [-0.2, -0.15) is 4.98 Å². The highest BCUT2D eigenvalue weighted by molar-refractivity contribution is 7.10. The lowest BCUT2D eigenvalue weighted by atomic mass is 10.2. The average Bonchev–Trinajstić information content (AvgIpc) is 3.59. The fourth-order valence-electron chi connectivity index (χ4n) is 4.14. The van der Waals surface area contributed by atoms with Gasteiger partial charge in [-0.3, -0.25) is 4.79 Å². The largest absolute Gasteiger partial charge is 0.368 e. The standard InChI is InChI=1S/C26H34N6O2S/c1-3-28-26-29-17-21(24(31-26)32-13-4-5-14-32)25(33)30-20-9-6-8-19(16-20)18-34-22(11-12-27-2)23-10-7-15-35-23/h6-10,15-17,22,27H,3-5,11-14,18H2,1-2H3,(H,30,33)(H,28,29,31). The van der Waals surface area contributed by atoms with Gasteiger partial charge < -0.3 is 25.6 Å². The van der Waals surface area contributed by atoms with Crippen molar-refractivity contribution in [2.45, 2.75) is 38.9 Å². The maximum Gasteiger partial charge on any atom is 0.261 e. The van der Waals surface area contributed by atoms with Crippen LogP contribution in [0.5, 0.6) is 0 Å². The van der Waals surface area contributed by atoms with Crippen LogP contribution < -0.4 is 20.9 Å². The number of amides is 1. The SMILES string of the molecule is CCNc1ncc(C(=O)Nc2cccc(COC(CCNC)c3cccs3)c2)c(N2CCCC2)n1. The molecule has 3 N–H and O–H groups in total. The van der Waals surface area contributed by atoms with Crippen LogP contribution in [0.3, 0.4) is 0 Å². The third-order valence-electron chi connectivity index (χ3n) is 5.91. The first-order valence-electron chi connectivity index (χ1n) is 12.2. The van der Waals surface area contributed by atoms with E-state index in [1.165, 1.54) is 4.88 Å². The van der Waals surface area contributed by atoms with E-state index < -0.39 is 0 Å². The molecule has 1 fully saturated rings. The second-order valence-corrected chi connectivity index (χ2v) is 9.50. The van der Waals surface area contributed by atoms with Crippen molar-refractivity contribution in [2.75, 3.05) is 48.8 Å². The van der Waals surface area contributed by atoms with Crippen molar-refractivity contribution in [3.05, 3.63) is 64.0 Å². The lowest BCUT2D eigenvalue weighted by Crippen LogP contribution is -2.25. The van der Waals surface area contributed by atoms with E-state index in [1.54, 1.807) is 17.5 Å². The summed E-state index contributed by atoms with van der Waals surface area (Å²) in [5, 5.41) is 11.5. The third kappa shape index (κ3) is 6.78. The maximum atomic E-state index is 13.2. The van der Waals surface area contributed by atoms with Gasteiger partial charge in [0.05, 0.1) is 12.7 Å². The summed E-state index contributed by atoms with van der Waals surface area (Å²) < 4.78 is 6.27. The molecule has 3 heterocycles. The van der Waals surface area contributed by atoms with Crippen molar-refractivity contribution >= 4 is 34.7 Å². The molecular weight excluding hydrogens is 460 g/mol. The highest BCUT2D eigenvalue weighted by Crippen LogP contribution is 2.28. The highest BCUT2D eigenvalue weighted by Gasteiger charge is 2.22. The molecule has 186 valence electrons. The van der Waals surface area contributed by atoms with Crippen LogP contribution in [0.25, 0.3) is 0 Å². The zero-order valence-electron chi connectivity index (χ0n) is 20.4. The van der Waals surface area contributed by atoms with Crippen LogP contribution in [-0.2, 0) is 11.3 Å². The molecule has 9 heteroatoms. The molecule has 35 heavy (non-hydrogen) atoms. The predicted octanol–water partition coefficient (Wildman–Crippen LogP) is 4.69. The Bertz CT molecular complexity index is 1090. The molecule has 0 saturated carbocycles. The van der Waals surface area contributed by atoms with Gasteiger partial charge in [0, 0.05) is 36.4 Å². The summed E-state index contributed by atoms with van der Waals surface area (Å²) in [6.07, 6.45) is 4.76. The Labute approximate surface area is 211 Å². The Morgan fingerprint density at radius 3 is 2.83 bits per heavy atom. The number of carbonyl (C=O) groups is 1. The van der Waals surface area contributed by atoms with Gasteiger partial charge in [-0.1, -0.05) is 18.2 Å². The number of rotatable bonds is 12. The van der Waals surface area contributed by atoms with E-state index in [4.69, 9.17) is 4.74 Å². The Morgan fingerprint density at radius 2 is 2.09 bits per heavy atom. The first-order valence-corrected chi connectivity index (χ1v) is 13.1. The number of carbonyl (C=O) groups excluding carboxylic acids is 1. The number of hydrogen-bond acceptors (Lipinski definition) is 8. The molecule has 8 nitrogen and oxygen atoms in total. The summed E-state index contributed by atoms with van der Waals surface area (Å²) in [7, 11) is 1.95. The van der Waals surface area contributed by atoms with Crippen LogP contribution in [-0.4, -0.2) is 49.1 Å². The van der Waals surface area contributed by atoms with Gasteiger partial charge in [0.1, 0.15) is 11.4 Å². The molecule has 1 amide bonds. The third-order valence-corrected chi connectivity index (χ3v) is 6.87. The van der Waals surface area contributed by atoms with E-state index in [-0.39, 0.29) is 12.0 Å². The van der Waals surface area contributed by atoms with E-state index in [0.29, 0.717) is 23.9 Å². The van der Waals surface area contributed by atoms with Crippen LogP contribution in [0.15, 0.2) is 48.0 Å². The van der Waals surface area contributed by atoms with Gasteiger partial charge in [0.2, 0.25) is 5.95 Å². The Morgan fingerprint density at radius 1 is 1.23 bits per heavy atom. The summed E-state index contributed by atoms with van der Waals surface area (Å²) in [4.78, 5) is 25.6. The molecule has 1 atom stereocenters. The van der Waals surface area contributed by atoms with Crippen molar-refractivity contribution in [3.8, 4) is 0 Å². The molecular formula is C26H34N6O2S. The zero-order chi connectivity index (χ0) is 24.5. The minimum absolute atomic E-state index is 0.0381. The fraction of sp³-hybridized carbons (Fsp3) is 0.423. The van der Waals surface area contributed by atoms with Crippen molar-refractivity contribution in [2.24, 2.45) is 0 Å².